The van der Waals surface area contributed by atoms with Crippen molar-refractivity contribution >= 4 is 45.9 Å². The number of hydrogen-bond acceptors (Lipinski definition) is 5. The van der Waals surface area contributed by atoms with Crippen LogP contribution in [0.3, 0.4) is 0 Å². The summed E-state index contributed by atoms with van der Waals surface area (Å²) >= 11 is 1.52. The van der Waals surface area contributed by atoms with Gasteiger partial charge in [0.15, 0.2) is 11.0 Å². The van der Waals surface area contributed by atoms with Gasteiger partial charge in [-0.25, -0.2) is 9.38 Å². The molecule has 1 aliphatic rings. The Labute approximate surface area is 197 Å². The van der Waals surface area contributed by atoms with Crippen molar-refractivity contribution in [2.75, 3.05) is 7.11 Å². The highest BCUT2D eigenvalue weighted by atomic mass is 35.5. The second-order valence-corrected chi connectivity index (χ2v) is 8.34. The van der Waals surface area contributed by atoms with E-state index in [1.165, 1.54) is 23.9 Å². The third kappa shape index (κ3) is 4.81. The van der Waals surface area contributed by atoms with Crippen LogP contribution >= 0.6 is 24.2 Å². The number of nitrogens with one attached hydrogen (secondary N) is 1. The Morgan fingerprint density at radius 3 is 2.53 bits per heavy atom. The summed E-state index contributed by atoms with van der Waals surface area (Å²) in [6.07, 6.45) is 0. The van der Waals surface area contributed by atoms with E-state index >= 15 is 0 Å². The van der Waals surface area contributed by atoms with Crippen LogP contribution in [-0.2, 0) is 10.5 Å². The minimum Gasteiger partial charge on any atom is -0.496 e. The number of ether oxygens (including phenoxy) is 1. The normalized spacial score (nSPS) is 15.6. The van der Waals surface area contributed by atoms with E-state index in [9.17, 15) is 9.18 Å². The molecule has 32 heavy (non-hydrogen) atoms. The number of rotatable bonds is 5. The lowest BCUT2D eigenvalue weighted by molar-refractivity contribution is -0.113. The summed E-state index contributed by atoms with van der Waals surface area (Å²) in [6, 6.07) is 17.9. The molecule has 1 N–H and O–H groups in total. The Morgan fingerprint density at radius 2 is 1.84 bits per heavy atom. The standard InChI is InChI=1S/C25H23FN2O2S.ClH/c1-15-22(16(2)29)24(23-20-7-5-4-6-18(20)10-13-21(23)30-3)28-25(27-15)31-14-17-8-11-19(26)12-9-17;/h4-13,24H,14H2,1-3H3,(H,27,28);1H. The van der Waals surface area contributed by atoms with Crippen LogP contribution in [0.1, 0.15) is 31.0 Å². The molecule has 0 aliphatic carbocycles. The zero-order chi connectivity index (χ0) is 22.0. The Kier molecular flexibility index (Phi) is 7.59. The van der Waals surface area contributed by atoms with Crippen molar-refractivity contribution in [1.29, 1.82) is 0 Å². The molecule has 1 aliphatic heterocycles. The molecule has 0 amide bonds. The maximum atomic E-state index is 13.2. The fourth-order valence-electron chi connectivity index (χ4n) is 3.85. The average molecular weight is 471 g/mol. The van der Waals surface area contributed by atoms with E-state index in [-0.39, 0.29) is 24.0 Å². The van der Waals surface area contributed by atoms with Crippen LogP contribution in [0.4, 0.5) is 4.39 Å². The Bertz CT molecular complexity index is 1210. The largest absolute Gasteiger partial charge is 0.496 e. The molecule has 0 fully saturated rings. The Hall–Kier alpha value is -2.83. The zero-order valence-electron chi connectivity index (χ0n) is 18.0. The van der Waals surface area contributed by atoms with E-state index in [0.717, 1.165) is 27.6 Å². The lowest BCUT2D eigenvalue weighted by Gasteiger charge is -2.27. The molecule has 0 aromatic heterocycles. The summed E-state index contributed by atoms with van der Waals surface area (Å²) in [6.45, 7) is 3.46. The lowest BCUT2D eigenvalue weighted by atomic mass is 9.89. The molecule has 0 saturated carbocycles. The smallest absolute Gasteiger partial charge is 0.162 e. The van der Waals surface area contributed by atoms with Gasteiger partial charge in [-0.05, 0) is 48.4 Å². The van der Waals surface area contributed by atoms with E-state index in [2.05, 4.69) is 5.32 Å². The van der Waals surface area contributed by atoms with E-state index in [0.29, 0.717) is 22.2 Å². The van der Waals surface area contributed by atoms with Crippen LogP contribution in [0.2, 0.25) is 0 Å². The number of Topliss-reactive ketones (excluding diaryl/α,β-unsaturated/α-hetero) is 1. The summed E-state index contributed by atoms with van der Waals surface area (Å²) in [4.78, 5) is 17.5. The summed E-state index contributed by atoms with van der Waals surface area (Å²) < 4.78 is 18.9. The van der Waals surface area contributed by atoms with Crippen molar-refractivity contribution in [1.82, 2.24) is 5.32 Å². The number of fused-ring (bicyclic) bond motifs is 1. The number of benzene rings is 3. The molecule has 0 spiro atoms. The van der Waals surface area contributed by atoms with Gasteiger partial charge in [0.1, 0.15) is 17.6 Å². The highest BCUT2D eigenvalue weighted by Gasteiger charge is 2.30. The van der Waals surface area contributed by atoms with Gasteiger partial charge in [0.2, 0.25) is 0 Å². The van der Waals surface area contributed by atoms with Gasteiger partial charge < -0.3 is 10.1 Å². The zero-order valence-corrected chi connectivity index (χ0v) is 19.6. The highest BCUT2D eigenvalue weighted by molar-refractivity contribution is 8.13. The van der Waals surface area contributed by atoms with Gasteiger partial charge in [-0.15, -0.1) is 12.4 Å². The molecular weight excluding hydrogens is 447 g/mol. The number of allylic oxidation sites excluding steroid dienone is 1. The first kappa shape index (κ1) is 23.8. The molecule has 0 bridgehead atoms. The van der Waals surface area contributed by atoms with Crippen molar-refractivity contribution in [3.63, 3.8) is 0 Å². The van der Waals surface area contributed by atoms with E-state index in [1.54, 1.807) is 26.2 Å². The van der Waals surface area contributed by atoms with Gasteiger partial charge >= 0.3 is 0 Å². The molecule has 3 aromatic rings. The molecule has 0 radical (unpaired) electrons. The number of carbonyl (C=O) groups is 1. The molecule has 166 valence electrons. The van der Waals surface area contributed by atoms with Gasteiger partial charge in [-0.1, -0.05) is 54.2 Å². The number of hydrogen-bond donors (Lipinski definition) is 1. The fraction of sp³-hybridized carbons (Fsp3) is 0.200. The third-order valence-corrected chi connectivity index (χ3v) is 6.27. The van der Waals surface area contributed by atoms with Crippen molar-refractivity contribution in [3.05, 3.63) is 88.9 Å². The van der Waals surface area contributed by atoms with Crippen molar-refractivity contribution < 1.29 is 13.9 Å². The number of ketones is 1. The predicted molar refractivity (Wildman–Crippen MR) is 132 cm³/mol. The van der Waals surface area contributed by atoms with Gasteiger partial charge in [0.25, 0.3) is 0 Å². The van der Waals surface area contributed by atoms with Gasteiger partial charge in [-0.3, -0.25) is 4.79 Å². The number of carbonyl (C=O) groups excluding carboxylic acids is 1. The molecule has 0 saturated heterocycles. The summed E-state index contributed by atoms with van der Waals surface area (Å²) in [5, 5.41) is 6.06. The van der Waals surface area contributed by atoms with Crippen molar-refractivity contribution in [2.24, 2.45) is 4.99 Å². The quantitative estimate of drug-likeness (QED) is 0.482. The number of amidine groups is 1. The molecule has 4 nitrogen and oxygen atoms in total. The highest BCUT2D eigenvalue weighted by Crippen LogP contribution is 2.41. The summed E-state index contributed by atoms with van der Waals surface area (Å²) in [5.74, 6) is 1.05. The average Bonchev–Trinajstić information content (AvgIpc) is 2.77. The summed E-state index contributed by atoms with van der Waals surface area (Å²) in [7, 11) is 1.63. The van der Waals surface area contributed by atoms with Crippen LogP contribution in [0.15, 0.2) is 76.9 Å². The molecule has 7 heteroatoms. The molecule has 1 atom stereocenters. The molecule has 3 aromatic carbocycles. The first-order valence-corrected chi connectivity index (χ1v) is 11.0. The SMILES string of the molecule is COc1ccc2ccccc2c1C1N=C(SCc2ccc(F)cc2)NC(C)=C1C(C)=O.Cl. The van der Waals surface area contributed by atoms with Crippen LogP contribution in [0, 0.1) is 5.82 Å². The predicted octanol–water partition coefficient (Wildman–Crippen LogP) is 6.21. The first-order valence-electron chi connectivity index (χ1n) is 9.97. The summed E-state index contributed by atoms with van der Waals surface area (Å²) in [5.41, 5.74) is 3.28. The molecular formula is C25H24ClFN2O2S. The van der Waals surface area contributed by atoms with Crippen molar-refractivity contribution in [3.8, 4) is 5.75 Å². The molecule has 1 heterocycles. The Morgan fingerprint density at radius 1 is 1.12 bits per heavy atom. The topological polar surface area (TPSA) is 50.7 Å². The fourth-order valence-corrected chi connectivity index (χ4v) is 4.75. The van der Waals surface area contributed by atoms with Crippen LogP contribution < -0.4 is 10.1 Å². The van der Waals surface area contributed by atoms with Crippen LogP contribution in [-0.4, -0.2) is 18.1 Å². The number of methoxy groups -OCH3 is 1. The maximum absolute atomic E-state index is 13.2. The lowest BCUT2D eigenvalue weighted by Crippen LogP contribution is -2.29. The van der Waals surface area contributed by atoms with E-state index < -0.39 is 6.04 Å². The third-order valence-electron chi connectivity index (χ3n) is 5.31. The van der Waals surface area contributed by atoms with Crippen LogP contribution in [0.5, 0.6) is 5.75 Å². The van der Waals surface area contributed by atoms with Gasteiger partial charge in [-0.2, -0.15) is 0 Å². The number of halogens is 2. The Balaban J connectivity index is 0.00000289. The second-order valence-electron chi connectivity index (χ2n) is 7.37. The monoisotopic (exact) mass is 470 g/mol. The second kappa shape index (κ2) is 10.2. The van der Waals surface area contributed by atoms with Crippen molar-refractivity contribution in [2.45, 2.75) is 25.6 Å². The van der Waals surface area contributed by atoms with Gasteiger partial charge in [0, 0.05) is 22.6 Å². The molecule has 4 rings (SSSR count). The minimum absolute atomic E-state index is 0. The maximum Gasteiger partial charge on any atom is 0.162 e. The number of nitrogens with zero attached hydrogens (tertiary/aromatic N) is 1. The number of thioether (sulfide) groups is 1. The van der Waals surface area contributed by atoms with E-state index in [4.69, 9.17) is 9.73 Å². The number of aliphatic imine (C=N–C) groups is 1. The van der Waals surface area contributed by atoms with E-state index in [1.807, 2.05) is 43.3 Å². The van der Waals surface area contributed by atoms with Crippen LogP contribution in [0.25, 0.3) is 10.8 Å². The first-order chi connectivity index (χ1) is 15.0. The minimum atomic E-state index is -0.476. The molecule has 1 unspecified atom stereocenters. The van der Waals surface area contributed by atoms with Gasteiger partial charge in [0.05, 0.1) is 7.11 Å².